The molecular formula is C20H29N3O4. The molecule has 1 aromatic heterocycles. The molecule has 1 fully saturated rings. The third kappa shape index (κ3) is 4.71. The average Bonchev–Trinajstić information content (AvgIpc) is 2.60. The number of pyridine rings is 1. The summed E-state index contributed by atoms with van der Waals surface area (Å²) in [5, 5.41) is 13.5. The number of carbonyl (C=O) groups excluding carboxylic acids is 1. The summed E-state index contributed by atoms with van der Waals surface area (Å²) in [5.41, 5.74) is 1.21. The number of aromatic nitrogens is 1. The fourth-order valence-corrected chi connectivity index (χ4v) is 3.69. The van der Waals surface area contributed by atoms with Crippen molar-refractivity contribution in [1.82, 2.24) is 10.3 Å². The van der Waals surface area contributed by atoms with Crippen molar-refractivity contribution in [3.05, 3.63) is 24.0 Å². The largest absolute Gasteiger partial charge is 0.495 e. The fraction of sp³-hybridized carbons (Fsp3) is 0.600. The Morgan fingerprint density at radius 2 is 2.00 bits per heavy atom. The van der Waals surface area contributed by atoms with Crippen LogP contribution in [0.3, 0.4) is 0 Å². The van der Waals surface area contributed by atoms with Gasteiger partial charge in [0.1, 0.15) is 17.6 Å². The smallest absolute Gasteiger partial charge is 0.407 e. The van der Waals surface area contributed by atoms with Gasteiger partial charge in [0.05, 0.1) is 24.7 Å². The Balaban J connectivity index is 1.64. The van der Waals surface area contributed by atoms with Crippen LogP contribution in [0.15, 0.2) is 18.3 Å². The molecule has 27 heavy (non-hydrogen) atoms. The topological polar surface area (TPSA) is 83.9 Å². The van der Waals surface area contributed by atoms with E-state index in [-0.39, 0.29) is 18.2 Å². The first-order valence-corrected chi connectivity index (χ1v) is 9.45. The normalized spacial score (nSPS) is 24.9. The van der Waals surface area contributed by atoms with Gasteiger partial charge in [-0.25, -0.2) is 4.79 Å². The second-order valence-electron chi connectivity index (χ2n) is 8.11. The highest BCUT2D eigenvalue weighted by Crippen LogP contribution is 2.35. The van der Waals surface area contributed by atoms with E-state index in [9.17, 15) is 9.90 Å². The van der Waals surface area contributed by atoms with Gasteiger partial charge in [-0.15, -0.1) is 0 Å². The van der Waals surface area contributed by atoms with Crippen LogP contribution < -0.4 is 15.0 Å². The minimum atomic E-state index is -0.688. The summed E-state index contributed by atoms with van der Waals surface area (Å²) < 4.78 is 10.6. The third-order valence-electron chi connectivity index (χ3n) is 4.91. The molecule has 1 unspecified atom stereocenters. The van der Waals surface area contributed by atoms with Crippen LogP contribution in [0.2, 0.25) is 0 Å². The van der Waals surface area contributed by atoms with Crippen molar-refractivity contribution in [3.63, 3.8) is 0 Å². The van der Waals surface area contributed by atoms with Crippen LogP contribution in [0.1, 0.15) is 52.1 Å². The van der Waals surface area contributed by atoms with Crippen LogP contribution in [0.4, 0.5) is 10.5 Å². The molecule has 3 rings (SSSR count). The number of aliphatic hydroxyl groups is 1. The number of alkyl carbamates (subject to hydrolysis) is 1. The van der Waals surface area contributed by atoms with E-state index in [1.54, 1.807) is 19.4 Å². The van der Waals surface area contributed by atoms with E-state index in [0.717, 1.165) is 37.1 Å². The molecule has 2 heterocycles. The first kappa shape index (κ1) is 19.5. The first-order valence-electron chi connectivity index (χ1n) is 9.45. The highest BCUT2D eigenvalue weighted by molar-refractivity contribution is 5.71. The number of methoxy groups -OCH3 is 1. The van der Waals surface area contributed by atoms with Crippen LogP contribution >= 0.6 is 0 Å². The van der Waals surface area contributed by atoms with Crippen LogP contribution in [0.25, 0.3) is 6.08 Å². The second kappa shape index (κ2) is 7.76. The quantitative estimate of drug-likeness (QED) is 0.845. The fourth-order valence-electron chi connectivity index (χ4n) is 3.69. The Hall–Kier alpha value is -2.28. The number of anilines is 1. The zero-order valence-electron chi connectivity index (χ0n) is 16.4. The molecule has 0 aromatic carbocycles. The Morgan fingerprint density at radius 3 is 2.63 bits per heavy atom. The Bertz CT molecular complexity index is 706. The minimum absolute atomic E-state index is 0.0940. The van der Waals surface area contributed by atoms with Crippen LogP contribution in [0.5, 0.6) is 5.75 Å². The maximum Gasteiger partial charge on any atom is 0.407 e. The summed E-state index contributed by atoms with van der Waals surface area (Å²) in [6.07, 6.45) is 7.62. The second-order valence-corrected chi connectivity index (χ2v) is 8.11. The molecule has 1 saturated carbocycles. The molecule has 0 spiro atoms. The van der Waals surface area contributed by atoms with Crippen LogP contribution in [0, 0.1) is 0 Å². The maximum atomic E-state index is 12.0. The Morgan fingerprint density at radius 1 is 1.30 bits per heavy atom. The summed E-state index contributed by atoms with van der Waals surface area (Å²) in [4.78, 5) is 18.4. The van der Waals surface area contributed by atoms with E-state index < -0.39 is 11.8 Å². The standard InChI is InChI=1S/C20H29N3O4/c1-20(2,3)27-19(25)22-13-5-7-14(8-6-13)23-17-11-15(26-4)12-21-16(17)9-10-18(23)24/h9-14,18,24H,5-8H2,1-4H3,(H,22,25). The van der Waals surface area contributed by atoms with Gasteiger partial charge in [-0.05, 0) is 58.6 Å². The van der Waals surface area contributed by atoms with Gasteiger partial charge in [-0.2, -0.15) is 0 Å². The molecule has 1 atom stereocenters. The van der Waals surface area contributed by atoms with Crippen molar-refractivity contribution in [2.45, 2.75) is 70.4 Å². The van der Waals surface area contributed by atoms with Gasteiger partial charge in [0.15, 0.2) is 0 Å². The van der Waals surface area contributed by atoms with Crippen molar-refractivity contribution in [3.8, 4) is 5.75 Å². The van der Waals surface area contributed by atoms with Crippen LogP contribution in [-0.2, 0) is 4.74 Å². The summed E-state index contributed by atoms with van der Waals surface area (Å²) >= 11 is 0. The molecule has 0 radical (unpaired) electrons. The molecule has 7 nitrogen and oxygen atoms in total. The number of hydrogen-bond donors (Lipinski definition) is 2. The lowest BCUT2D eigenvalue weighted by Gasteiger charge is -2.42. The molecule has 1 aliphatic heterocycles. The number of ether oxygens (including phenoxy) is 2. The number of nitrogens with zero attached hydrogens (tertiary/aromatic N) is 2. The van der Waals surface area contributed by atoms with Crippen molar-refractivity contribution in [2.75, 3.05) is 12.0 Å². The van der Waals surface area contributed by atoms with Gasteiger partial charge < -0.3 is 24.8 Å². The molecule has 0 bridgehead atoms. The predicted molar refractivity (Wildman–Crippen MR) is 104 cm³/mol. The minimum Gasteiger partial charge on any atom is -0.495 e. The van der Waals surface area contributed by atoms with Crippen molar-refractivity contribution < 1.29 is 19.4 Å². The number of carbonyl (C=O) groups is 1. The Kier molecular flexibility index (Phi) is 5.60. The van der Waals surface area contributed by atoms with Crippen molar-refractivity contribution in [1.29, 1.82) is 0 Å². The van der Waals surface area contributed by atoms with E-state index in [4.69, 9.17) is 9.47 Å². The van der Waals surface area contributed by atoms with E-state index in [0.29, 0.717) is 5.75 Å². The highest BCUT2D eigenvalue weighted by atomic mass is 16.6. The van der Waals surface area contributed by atoms with Gasteiger partial charge >= 0.3 is 6.09 Å². The molecule has 148 valence electrons. The molecule has 7 heteroatoms. The van der Waals surface area contributed by atoms with Gasteiger partial charge in [0.2, 0.25) is 0 Å². The van der Waals surface area contributed by atoms with Gasteiger partial charge in [0, 0.05) is 18.2 Å². The zero-order valence-corrected chi connectivity index (χ0v) is 16.4. The molecule has 1 aliphatic carbocycles. The Labute approximate surface area is 160 Å². The summed E-state index contributed by atoms with van der Waals surface area (Å²) in [6.45, 7) is 5.57. The third-order valence-corrected chi connectivity index (χ3v) is 4.91. The number of hydrogen-bond acceptors (Lipinski definition) is 6. The molecule has 2 N–H and O–H groups in total. The van der Waals surface area contributed by atoms with E-state index >= 15 is 0 Å². The molecule has 1 amide bonds. The lowest BCUT2D eigenvalue weighted by Crippen LogP contribution is -2.49. The lowest BCUT2D eigenvalue weighted by molar-refractivity contribution is 0.0489. The number of amides is 1. The van der Waals surface area contributed by atoms with Gasteiger partial charge in [-0.1, -0.05) is 0 Å². The number of aliphatic hydroxyl groups excluding tert-OH is 1. The van der Waals surface area contributed by atoms with Crippen molar-refractivity contribution >= 4 is 17.9 Å². The summed E-state index contributed by atoms with van der Waals surface area (Å²) in [5.74, 6) is 0.668. The highest BCUT2D eigenvalue weighted by Gasteiger charge is 2.33. The monoisotopic (exact) mass is 375 g/mol. The summed E-state index contributed by atoms with van der Waals surface area (Å²) in [6, 6.07) is 2.19. The maximum absolute atomic E-state index is 12.0. The van der Waals surface area contributed by atoms with E-state index in [2.05, 4.69) is 10.3 Å². The molecular weight excluding hydrogens is 346 g/mol. The predicted octanol–water partition coefficient (Wildman–Crippen LogP) is 3.08. The average molecular weight is 375 g/mol. The van der Waals surface area contributed by atoms with Gasteiger partial charge in [-0.3, -0.25) is 4.98 Å². The molecule has 0 saturated heterocycles. The number of rotatable bonds is 3. The number of fused-ring (bicyclic) bond motifs is 1. The first-order chi connectivity index (χ1) is 12.8. The number of nitrogens with one attached hydrogen (secondary N) is 1. The SMILES string of the molecule is COc1cnc2c(c1)N(C1CCC(NC(=O)OC(C)(C)C)CC1)C(O)C=C2. The van der Waals surface area contributed by atoms with Crippen LogP contribution in [-0.4, -0.2) is 47.2 Å². The molecule has 2 aliphatic rings. The van der Waals surface area contributed by atoms with Crippen molar-refractivity contribution in [2.24, 2.45) is 0 Å². The van der Waals surface area contributed by atoms with E-state index in [1.807, 2.05) is 37.8 Å². The molecule has 1 aromatic rings. The zero-order chi connectivity index (χ0) is 19.6. The van der Waals surface area contributed by atoms with Gasteiger partial charge in [0.25, 0.3) is 0 Å². The summed E-state index contributed by atoms with van der Waals surface area (Å²) in [7, 11) is 1.61. The lowest BCUT2D eigenvalue weighted by atomic mass is 9.89. The van der Waals surface area contributed by atoms with E-state index in [1.165, 1.54) is 0 Å².